The lowest BCUT2D eigenvalue weighted by molar-refractivity contribution is -0.126. The summed E-state index contributed by atoms with van der Waals surface area (Å²) in [7, 11) is -3.77. The quantitative estimate of drug-likeness (QED) is 0.592. The molecular formula is C23H30ClN3O4S. The summed E-state index contributed by atoms with van der Waals surface area (Å²) in [6, 6.07) is 14.3. The highest BCUT2D eigenvalue weighted by Gasteiger charge is 2.35. The van der Waals surface area contributed by atoms with Gasteiger partial charge in [-0.05, 0) is 62.6 Å². The molecule has 1 atom stereocenters. The molecule has 32 heavy (non-hydrogen) atoms. The number of hydrogen-bond donors (Lipinski definition) is 1. The van der Waals surface area contributed by atoms with Crippen LogP contribution in [0.15, 0.2) is 48.5 Å². The first kappa shape index (κ1) is 24.4. The Labute approximate surface area is 195 Å². The average molecular weight is 480 g/mol. The van der Waals surface area contributed by atoms with Crippen LogP contribution in [-0.4, -0.2) is 44.9 Å². The van der Waals surface area contributed by atoms with Gasteiger partial charge in [-0.15, -0.1) is 0 Å². The van der Waals surface area contributed by atoms with Crippen molar-refractivity contribution in [1.29, 1.82) is 0 Å². The first-order chi connectivity index (χ1) is 15.4. The maximum Gasteiger partial charge on any atom is 0.304 e. The molecule has 0 radical (unpaired) electrons. The molecule has 1 amide bonds. The van der Waals surface area contributed by atoms with Crippen molar-refractivity contribution >= 4 is 33.4 Å². The highest BCUT2D eigenvalue weighted by molar-refractivity contribution is 7.90. The van der Waals surface area contributed by atoms with E-state index in [1.807, 2.05) is 25.1 Å². The van der Waals surface area contributed by atoms with Gasteiger partial charge in [0.15, 0.2) is 0 Å². The number of carbonyl (C=O) groups is 1. The zero-order chi connectivity index (χ0) is 23.1. The monoisotopic (exact) mass is 479 g/mol. The molecule has 9 heteroatoms. The van der Waals surface area contributed by atoms with Gasteiger partial charge in [0, 0.05) is 31.2 Å². The van der Waals surface area contributed by atoms with Crippen molar-refractivity contribution < 1.29 is 17.9 Å². The third-order valence-electron chi connectivity index (χ3n) is 5.49. The second-order valence-electron chi connectivity index (χ2n) is 7.61. The highest BCUT2D eigenvalue weighted by Crippen LogP contribution is 2.27. The first-order valence-electron chi connectivity index (χ1n) is 10.9. The Balaban J connectivity index is 1.67. The minimum absolute atomic E-state index is 0.157. The third-order valence-corrected chi connectivity index (χ3v) is 7.87. The molecule has 1 aliphatic heterocycles. The van der Waals surface area contributed by atoms with Crippen LogP contribution in [0.1, 0.15) is 32.3 Å². The van der Waals surface area contributed by atoms with Gasteiger partial charge in [0.2, 0.25) is 5.91 Å². The second-order valence-corrected chi connectivity index (χ2v) is 9.87. The molecule has 174 valence electrons. The zero-order valence-electron chi connectivity index (χ0n) is 18.5. The molecule has 1 saturated heterocycles. The lowest BCUT2D eigenvalue weighted by Gasteiger charge is -2.35. The molecule has 0 saturated carbocycles. The number of anilines is 1. The average Bonchev–Trinajstić information content (AvgIpc) is 2.80. The van der Waals surface area contributed by atoms with Crippen LogP contribution in [0.25, 0.3) is 0 Å². The fraction of sp³-hybridized carbons (Fsp3) is 0.435. The Morgan fingerprint density at radius 1 is 1.19 bits per heavy atom. The normalized spacial score (nSPS) is 17.0. The fourth-order valence-electron chi connectivity index (χ4n) is 3.83. The number of halogens is 1. The fourth-order valence-corrected chi connectivity index (χ4v) is 5.75. The number of nitrogens with zero attached hydrogens (tertiary/aromatic N) is 2. The van der Waals surface area contributed by atoms with E-state index in [0.717, 1.165) is 5.56 Å². The van der Waals surface area contributed by atoms with Crippen LogP contribution >= 0.6 is 11.6 Å². The number of ether oxygens (including phenoxy) is 1. The topological polar surface area (TPSA) is 79.0 Å². The second kappa shape index (κ2) is 11.0. The van der Waals surface area contributed by atoms with Gasteiger partial charge in [-0.25, -0.2) is 0 Å². The van der Waals surface area contributed by atoms with Crippen LogP contribution in [0.2, 0.25) is 5.02 Å². The van der Waals surface area contributed by atoms with Gasteiger partial charge < -0.3 is 10.1 Å². The number of carbonyl (C=O) groups excluding carboxylic acids is 1. The molecule has 1 heterocycles. The lowest BCUT2D eigenvalue weighted by Crippen LogP contribution is -2.50. The number of amides is 1. The highest BCUT2D eigenvalue weighted by atomic mass is 35.5. The minimum atomic E-state index is -3.77. The maximum atomic E-state index is 13.4. The van der Waals surface area contributed by atoms with E-state index in [1.165, 1.54) is 8.61 Å². The van der Waals surface area contributed by atoms with Gasteiger partial charge in [-0.3, -0.25) is 9.10 Å². The van der Waals surface area contributed by atoms with E-state index in [-0.39, 0.29) is 19.0 Å². The molecule has 0 bridgehead atoms. The SMILES string of the molecule is CCOc1ccc(N(CC)S(=O)(=O)N2CCC[C@H](C(=O)NCc3ccccc3Cl)C2)cc1. The van der Waals surface area contributed by atoms with Crippen molar-refractivity contribution in [3.05, 3.63) is 59.1 Å². The Kier molecular flexibility index (Phi) is 8.39. The summed E-state index contributed by atoms with van der Waals surface area (Å²) in [5.74, 6) is 0.131. The number of nitrogens with one attached hydrogen (secondary N) is 1. The molecule has 2 aromatic rings. The molecule has 1 fully saturated rings. The molecule has 0 aromatic heterocycles. The lowest BCUT2D eigenvalue weighted by atomic mass is 9.99. The Bertz CT molecular complexity index is 1010. The van der Waals surface area contributed by atoms with Crippen molar-refractivity contribution in [2.45, 2.75) is 33.2 Å². The number of hydrogen-bond acceptors (Lipinski definition) is 4. The van der Waals surface area contributed by atoms with Crippen molar-refractivity contribution in [3.8, 4) is 5.75 Å². The van der Waals surface area contributed by atoms with Crippen LogP contribution < -0.4 is 14.4 Å². The summed E-state index contributed by atoms with van der Waals surface area (Å²) in [4.78, 5) is 12.8. The molecule has 2 aromatic carbocycles. The molecular weight excluding hydrogens is 450 g/mol. The van der Waals surface area contributed by atoms with Gasteiger partial charge in [-0.2, -0.15) is 12.7 Å². The molecule has 7 nitrogen and oxygen atoms in total. The number of piperidine rings is 1. The predicted molar refractivity (Wildman–Crippen MR) is 127 cm³/mol. The molecule has 0 spiro atoms. The van der Waals surface area contributed by atoms with E-state index in [9.17, 15) is 13.2 Å². The van der Waals surface area contributed by atoms with Crippen molar-refractivity contribution in [1.82, 2.24) is 9.62 Å². The van der Waals surface area contributed by atoms with E-state index in [4.69, 9.17) is 16.3 Å². The molecule has 0 unspecified atom stereocenters. The molecule has 1 N–H and O–H groups in total. The molecule has 1 aliphatic rings. The van der Waals surface area contributed by atoms with E-state index in [2.05, 4.69) is 5.32 Å². The van der Waals surface area contributed by atoms with Gasteiger partial charge in [-0.1, -0.05) is 29.8 Å². The largest absolute Gasteiger partial charge is 0.494 e. The van der Waals surface area contributed by atoms with E-state index >= 15 is 0 Å². The van der Waals surface area contributed by atoms with Gasteiger partial charge in [0.1, 0.15) is 5.75 Å². The summed E-state index contributed by atoms with van der Waals surface area (Å²) >= 11 is 6.16. The van der Waals surface area contributed by atoms with Crippen molar-refractivity contribution in [2.75, 3.05) is 30.5 Å². The Morgan fingerprint density at radius 2 is 1.91 bits per heavy atom. The molecule has 0 aliphatic carbocycles. The number of benzene rings is 2. The van der Waals surface area contributed by atoms with E-state index in [0.29, 0.717) is 49.0 Å². The van der Waals surface area contributed by atoms with Crippen molar-refractivity contribution in [3.63, 3.8) is 0 Å². The summed E-state index contributed by atoms with van der Waals surface area (Å²) in [5.41, 5.74) is 1.40. The van der Waals surface area contributed by atoms with Crippen LogP contribution in [0.3, 0.4) is 0 Å². The first-order valence-corrected chi connectivity index (χ1v) is 12.7. The van der Waals surface area contributed by atoms with Crippen molar-refractivity contribution in [2.24, 2.45) is 5.92 Å². The predicted octanol–water partition coefficient (Wildman–Crippen LogP) is 3.84. The zero-order valence-corrected chi connectivity index (χ0v) is 20.0. The van der Waals surface area contributed by atoms with Crippen LogP contribution in [-0.2, 0) is 21.5 Å². The summed E-state index contributed by atoms with van der Waals surface area (Å²) < 4.78 is 35.0. The minimum Gasteiger partial charge on any atom is -0.494 e. The third kappa shape index (κ3) is 5.74. The standard InChI is InChI=1S/C23H30ClN3O4S/c1-3-27(20-11-13-21(14-12-20)31-4-2)32(29,30)26-15-7-9-19(17-26)23(28)25-16-18-8-5-6-10-22(18)24/h5-6,8,10-14,19H,3-4,7,9,15-17H2,1-2H3,(H,25,28)/t19-/m0/s1. The summed E-state index contributed by atoms with van der Waals surface area (Å²) in [5, 5.41) is 3.49. The van der Waals surface area contributed by atoms with Crippen LogP contribution in [0, 0.1) is 5.92 Å². The van der Waals surface area contributed by atoms with Gasteiger partial charge in [0.25, 0.3) is 0 Å². The van der Waals surface area contributed by atoms with Crippen LogP contribution in [0.4, 0.5) is 5.69 Å². The maximum absolute atomic E-state index is 13.4. The van der Waals surface area contributed by atoms with E-state index < -0.39 is 16.1 Å². The Morgan fingerprint density at radius 3 is 2.56 bits per heavy atom. The smallest absolute Gasteiger partial charge is 0.304 e. The summed E-state index contributed by atoms with van der Waals surface area (Å²) in [6.45, 7) is 5.39. The summed E-state index contributed by atoms with van der Waals surface area (Å²) in [6.07, 6.45) is 1.28. The molecule has 3 rings (SSSR count). The van der Waals surface area contributed by atoms with Crippen LogP contribution in [0.5, 0.6) is 5.75 Å². The van der Waals surface area contributed by atoms with Gasteiger partial charge >= 0.3 is 10.2 Å². The van der Waals surface area contributed by atoms with E-state index in [1.54, 1.807) is 37.3 Å². The number of rotatable bonds is 9. The van der Waals surface area contributed by atoms with Gasteiger partial charge in [0.05, 0.1) is 18.2 Å². The Hall–Kier alpha value is -2.29.